The van der Waals surface area contributed by atoms with Crippen LogP contribution in [0.2, 0.25) is 0 Å². The zero-order valence-electron chi connectivity index (χ0n) is 7.43. The van der Waals surface area contributed by atoms with Gasteiger partial charge in [-0.05, 0) is 24.3 Å². The highest BCUT2D eigenvalue weighted by Gasteiger charge is 1.96. The van der Waals surface area contributed by atoms with Crippen LogP contribution in [0.5, 0.6) is 5.75 Å². The van der Waals surface area contributed by atoms with Crippen molar-refractivity contribution in [3.63, 3.8) is 0 Å². The first-order valence-electron chi connectivity index (χ1n) is 4.07. The molecule has 0 spiro atoms. The summed E-state index contributed by atoms with van der Waals surface area (Å²) in [7, 11) is 0. The van der Waals surface area contributed by atoms with E-state index in [9.17, 15) is 4.79 Å². The van der Waals surface area contributed by atoms with Crippen LogP contribution in [0.15, 0.2) is 29.2 Å². The van der Waals surface area contributed by atoms with Gasteiger partial charge in [0, 0.05) is 17.2 Å². The van der Waals surface area contributed by atoms with E-state index < -0.39 is 6.09 Å². The van der Waals surface area contributed by atoms with Crippen molar-refractivity contribution in [3.8, 4) is 5.75 Å². The molecule has 0 aliphatic heterocycles. The van der Waals surface area contributed by atoms with Crippen molar-refractivity contribution in [2.45, 2.75) is 4.90 Å². The van der Waals surface area contributed by atoms with Gasteiger partial charge in [0.05, 0.1) is 0 Å². The monoisotopic (exact) mass is 213 g/mol. The second-order valence-electron chi connectivity index (χ2n) is 2.57. The lowest BCUT2D eigenvalue weighted by Gasteiger charge is -2.01. The zero-order valence-corrected chi connectivity index (χ0v) is 8.25. The first-order chi connectivity index (χ1) is 6.68. The Morgan fingerprint density at radius 3 is 2.57 bits per heavy atom. The van der Waals surface area contributed by atoms with E-state index in [0.29, 0.717) is 12.3 Å². The van der Waals surface area contributed by atoms with Crippen molar-refractivity contribution < 1.29 is 15.0 Å². The topological polar surface area (TPSA) is 69.6 Å². The molecule has 0 aliphatic rings. The second-order valence-corrected chi connectivity index (χ2v) is 3.74. The molecule has 0 aliphatic carbocycles. The fraction of sp³-hybridized carbons (Fsp3) is 0.222. The summed E-state index contributed by atoms with van der Waals surface area (Å²) in [4.78, 5) is 11.1. The molecule has 0 saturated carbocycles. The van der Waals surface area contributed by atoms with Gasteiger partial charge >= 0.3 is 6.09 Å². The molecule has 0 saturated heterocycles. The van der Waals surface area contributed by atoms with Crippen molar-refractivity contribution in [2.24, 2.45) is 0 Å². The zero-order chi connectivity index (χ0) is 10.4. The third-order valence-corrected chi connectivity index (χ3v) is 2.50. The van der Waals surface area contributed by atoms with Crippen LogP contribution < -0.4 is 5.32 Å². The van der Waals surface area contributed by atoms with Crippen molar-refractivity contribution in [1.29, 1.82) is 0 Å². The summed E-state index contributed by atoms with van der Waals surface area (Å²) in [6.07, 6.45) is -1.00. The number of nitrogens with one attached hydrogen (secondary N) is 1. The highest BCUT2D eigenvalue weighted by molar-refractivity contribution is 7.99. The largest absolute Gasteiger partial charge is 0.508 e. The number of phenols is 1. The maximum Gasteiger partial charge on any atom is 0.404 e. The molecule has 76 valence electrons. The molecule has 0 atom stereocenters. The van der Waals surface area contributed by atoms with Gasteiger partial charge in [-0.2, -0.15) is 0 Å². The Morgan fingerprint density at radius 2 is 2.00 bits per heavy atom. The van der Waals surface area contributed by atoms with E-state index in [0.717, 1.165) is 4.90 Å². The van der Waals surface area contributed by atoms with Gasteiger partial charge in [-0.3, -0.25) is 0 Å². The molecule has 4 nitrogen and oxygen atoms in total. The van der Waals surface area contributed by atoms with Crippen molar-refractivity contribution in [1.82, 2.24) is 5.32 Å². The Bertz CT molecular complexity index is 299. The van der Waals surface area contributed by atoms with E-state index >= 15 is 0 Å². The molecule has 0 aromatic heterocycles. The third kappa shape index (κ3) is 4.04. The number of hydrogen-bond acceptors (Lipinski definition) is 3. The molecule has 0 bridgehead atoms. The Hall–Kier alpha value is -1.36. The van der Waals surface area contributed by atoms with Crippen LogP contribution in [0, 0.1) is 0 Å². The number of carboxylic acid groups (broad SMARTS) is 1. The van der Waals surface area contributed by atoms with Gasteiger partial charge in [0.15, 0.2) is 0 Å². The third-order valence-electron chi connectivity index (χ3n) is 1.48. The number of benzene rings is 1. The molecule has 1 rings (SSSR count). The fourth-order valence-corrected chi connectivity index (χ4v) is 1.64. The molecular formula is C9H11NO3S. The van der Waals surface area contributed by atoms with E-state index in [2.05, 4.69) is 5.32 Å². The van der Waals surface area contributed by atoms with E-state index in [4.69, 9.17) is 10.2 Å². The molecule has 0 fully saturated rings. The lowest BCUT2D eigenvalue weighted by Crippen LogP contribution is -2.23. The number of hydrogen-bond donors (Lipinski definition) is 3. The number of amides is 1. The number of phenolic OH excluding ortho intramolecular Hbond substituents is 1. The summed E-state index contributed by atoms with van der Waals surface area (Å²) >= 11 is 1.53. The quantitative estimate of drug-likeness (QED) is 0.526. The summed E-state index contributed by atoms with van der Waals surface area (Å²) in [6.45, 7) is 0.418. The van der Waals surface area contributed by atoms with Crippen molar-refractivity contribution in [3.05, 3.63) is 24.3 Å². The van der Waals surface area contributed by atoms with Gasteiger partial charge in [-0.25, -0.2) is 4.79 Å². The van der Waals surface area contributed by atoms with Gasteiger partial charge in [0.2, 0.25) is 0 Å². The van der Waals surface area contributed by atoms with Gasteiger partial charge in [-0.1, -0.05) is 0 Å². The van der Waals surface area contributed by atoms with Crippen molar-refractivity contribution in [2.75, 3.05) is 12.3 Å². The Kier molecular flexibility index (Phi) is 4.12. The summed E-state index contributed by atoms with van der Waals surface area (Å²) in [5.41, 5.74) is 0. The van der Waals surface area contributed by atoms with Crippen LogP contribution in [-0.2, 0) is 0 Å². The van der Waals surface area contributed by atoms with Crippen molar-refractivity contribution >= 4 is 17.9 Å². The van der Waals surface area contributed by atoms with Crippen LogP contribution >= 0.6 is 11.8 Å². The molecule has 0 radical (unpaired) electrons. The lowest BCUT2D eigenvalue weighted by molar-refractivity contribution is 0.195. The minimum absolute atomic E-state index is 0.234. The van der Waals surface area contributed by atoms with E-state index in [1.54, 1.807) is 24.3 Å². The van der Waals surface area contributed by atoms with E-state index in [-0.39, 0.29) is 5.75 Å². The Morgan fingerprint density at radius 1 is 1.36 bits per heavy atom. The SMILES string of the molecule is O=C(O)NCCSc1ccc(O)cc1. The highest BCUT2D eigenvalue weighted by Crippen LogP contribution is 2.19. The van der Waals surface area contributed by atoms with Crippen LogP contribution in [0.25, 0.3) is 0 Å². The Labute approximate surface area is 85.9 Å². The summed E-state index contributed by atoms with van der Waals surface area (Å²) < 4.78 is 0. The lowest BCUT2D eigenvalue weighted by atomic mass is 10.3. The van der Waals surface area contributed by atoms with E-state index in [1.165, 1.54) is 11.8 Å². The molecule has 14 heavy (non-hydrogen) atoms. The highest BCUT2D eigenvalue weighted by atomic mass is 32.2. The van der Waals surface area contributed by atoms with Gasteiger partial charge < -0.3 is 15.5 Å². The number of thioether (sulfide) groups is 1. The Balaban J connectivity index is 2.25. The molecule has 1 amide bonds. The predicted molar refractivity (Wildman–Crippen MR) is 54.9 cm³/mol. The number of carbonyl (C=O) groups is 1. The minimum atomic E-state index is -1.00. The molecule has 0 unspecified atom stereocenters. The van der Waals surface area contributed by atoms with E-state index in [1.807, 2.05) is 0 Å². The normalized spacial score (nSPS) is 9.71. The maximum atomic E-state index is 10.1. The average molecular weight is 213 g/mol. The second kappa shape index (κ2) is 5.39. The molecule has 0 heterocycles. The first kappa shape index (κ1) is 10.7. The maximum absolute atomic E-state index is 10.1. The van der Waals surface area contributed by atoms with Gasteiger partial charge in [-0.15, -0.1) is 11.8 Å². The molecule has 1 aromatic carbocycles. The number of rotatable bonds is 4. The predicted octanol–water partition coefficient (Wildman–Crippen LogP) is 1.75. The first-order valence-corrected chi connectivity index (χ1v) is 5.05. The molecule has 1 aromatic rings. The van der Waals surface area contributed by atoms with Crippen LogP contribution in [0.4, 0.5) is 4.79 Å². The molecular weight excluding hydrogens is 202 g/mol. The van der Waals surface area contributed by atoms with Gasteiger partial charge in [0.25, 0.3) is 0 Å². The number of aromatic hydroxyl groups is 1. The summed E-state index contributed by atoms with van der Waals surface area (Å²) in [6, 6.07) is 6.79. The summed E-state index contributed by atoms with van der Waals surface area (Å²) in [5.74, 6) is 0.912. The van der Waals surface area contributed by atoms with Gasteiger partial charge in [0.1, 0.15) is 5.75 Å². The van der Waals surface area contributed by atoms with Crippen LogP contribution in [0.3, 0.4) is 0 Å². The molecule has 3 N–H and O–H groups in total. The minimum Gasteiger partial charge on any atom is -0.508 e. The fourth-order valence-electron chi connectivity index (χ4n) is 0.869. The molecule has 5 heteroatoms. The smallest absolute Gasteiger partial charge is 0.404 e. The summed E-state index contributed by atoms with van der Waals surface area (Å²) in [5, 5.41) is 19.6. The average Bonchev–Trinajstić information content (AvgIpc) is 2.15. The van der Waals surface area contributed by atoms with Crippen LogP contribution in [0.1, 0.15) is 0 Å². The van der Waals surface area contributed by atoms with Crippen LogP contribution in [-0.4, -0.2) is 28.6 Å². The standard InChI is InChI=1S/C9H11NO3S/c11-7-1-3-8(4-2-7)14-6-5-10-9(12)13/h1-4,10-11H,5-6H2,(H,12,13).